The first-order valence-corrected chi connectivity index (χ1v) is 5.92. The minimum absolute atomic E-state index is 0.226. The van der Waals surface area contributed by atoms with E-state index in [1.807, 2.05) is 0 Å². The van der Waals surface area contributed by atoms with E-state index in [1.165, 1.54) is 21.3 Å². The summed E-state index contributed by atoms with van der Waals surface area (Å²) in [4.78, 5) is 11.8. The van der Waals surface area contributed by atoms with Gasteiger partial charge in [0.2, 0.25) is 0 Å². The minimum Gasteiger partial charge on any atom is -0.496 e. The molecule has 1 atom stereocenters. The van der Waals surface area contributed by atoms with Gasteiger partial charge in [0.1, 0.15) is 11.8 Å². The molecule has 0 aliphatic carbocycles. The standard InChI is InChI=1S/C12H14N2O4S/c1-16-7-5-9(18-3)8(17-2)4-6(7)10-11(15)14-12(19)13-10/h4-5,10H,1-3H3,(H2,13,14,15,19). The maximum absolute atomic E-state index is 11.8. The van der Waals surface area contributed by atoms with Crippen LogP contribution in [0.5, 0.6) is 17.2 Å². The molecule has 1 heterocycles. The molecule has 1 aliphatic heterocycles. The minimum atomic E-state index is -0.595. The van der Waals surface area contributed by atoms with Crippen LogP contribution in [0.4, 0.5) is 0 Å². The Morgan fingerprint density at radius 1 is 1.05 bits per heavy atom. The first-order valence-electron chi connectivity index (χ1n) is 5.52. The highest BCUT2D eigenvalue weighted by Crippen LogP contribution is 2.38. The summed E-state index contributed by atoms with van der Waals surface area (Å²) >= 11 is 4.92. The van der Waals surface area contributed by atoms with Gasteiger partial charge >= 0.3 is 0 Å². The van der Waals surface area contributed by atoms with Crippen molar-refractivity contribution in [2.45, 2.75) is 6.04 Å². The van der Waals surface area contributed by atoms with E-state index in [0.717, 1.165) is 0 Å². The van der Waals surface area contributed by atoms with Gasteiger partial charge in [-0.1, -0.05) is 0 Å². The summed E-state index contributed by atoms with van der Waals surface area (Å²) in [5, 5.41) is 5.71. The Kier molecular flexibility index (Phi) is 3.75. The molecule has 0 spiro atoms. The van der Waals surface area contributed by atoms with Gasteiger partial charge in [-0.05, 0) is 18.3 Å². The van der Waals surface area contributed by atoms with Crippen LogP contribution in [0.2, 0.25) is 0 Å². The van der Waals surface area contributed by atoms with Crippen LogP contribution in [-0.4, -0.2) is 32.3 Å². The molecule has 1 fully saturated rings. The number of hydrogen-bond donors (Lipinski definition) is 2. The number of hydrogen-bond acceptors (Lipinski definition) is 5. The Morgan fingerprint density at radius 3 is 2.11 bits per heavy atom. The molecule has 0 radical (unpaired) electrons. The van der Waals surface area contributed by atoms with Crippen LogP contribution in [0.25, 0.3) is 0 Å². The van der Waals surface area contributed by atoms with Crippen LogP contribution in [0.1, 0.15) is 11.6 Å². The lowest BCUT2D eigenvalue weighted by molar-refractivity contribution is -0.120. The predicted molar refractivity (Wildman–Crippen MR) is 72.7 cm³/mol. The van der Waals surface area contributed by atoms with E-state index in [2.05, 4.69) is 10.6 Å². The SMILES string of the molecule is COc1cc(OC)c(C2NC(=S)NC2=O)cc1OC. The molecule has 1 unspecified atom stereocenters. The molecule has 1 aromatic rings. The number of benzene rings is 1. The van der Waals surface area contributed by atoms with Crippen LogP contribution >= 0.6 is 12.2 Å². The Morgan fingerprint density at radius 2 is 1.63 bits per heavy atom. The van der Waals surface area contributed by atoms with E-state index < -0.39 is 6.04 Å². The van der Waals surface area contributed by atoms with Gasteiger partial charge in [0, 0.05) is 11.6 Å². The molecule has 1 aliphatic rings. The maximum Gasteiger partial charge on any atom is 0.253 e. The van der Waals surface area contributed by atoms with Gasteiger partial charge in [-0.3, -0.25) is 4.79 Å². The van der Waals surface area contributed by atoms with Crippen LogP contribution in [0.3, 0.4) is 0 Å². The van der Waals surface area contributed by atoms with Crippen LogP contribution < -0.4 is 24.8 Å². The third-order valence-corrected chi connectivity index (χ3v) is 3.04. The number of carbonyl (C=O) groups is 1. The van der Waals surface area contributed by atoms with E-state index in [-0.39, 0.29) is 5.91 Å². The molecule has 2 N–H and O–H groups in total. The average molecular weight is 282 g/mol. The van der Waals surface area contributed by atoms with Gasteiger partial charge in [0.05, 0.1) is 21.3 Å². The van der Waals surface area contributed by atoms with E-state index in [4.69, 9.17) is 26.4 Å². The molecule has 1 aromatic carbocycles. The lowest BCUT2D eigenvalue weighted by atomic mass is 10.0. The molecule has 19 heavy (non-hydrogen) atoms. The third-order valence-electron chi connectivity index (χ3n) is 2.82. The molecule has 7 heteroatoms. The average Bonchev–Trinajstić information content (AvgIpc) is 2.75. The number of thiocarbonyl (C=S) groups is 1. The highest BCUT2D eigenvalue weighted by molar-refractivity contribution is 7.80. The Hall–Kier alpha value is -2.02. The van der Waals surface area contributed by atoms with Crippen molar-refractivity contribution < 1.29 is 19.0 Å². The van der Waals surface area contributed by atoms with Crippen molar-refractivity contribution >= 4 is 23.2 Å². The lowest BCUT2D eigenvalue weighted by Gasteiger charge is -2.16. The second-order valence-corrected chi connectivity index (χ2v) is 4.25. The molecule has 102 valence electrons. The third kappa shape index (κ3) is 2.41. The monoisotopic (exact) mass is 282 g/mol. The number of ether oxygens (including phenoxy) is 3. The van der Waals surface area contributed by atoms with E-state index in [0.29, 0.717) is 27.9 Å². The van der Waals surface area contributed by atoms with Gasteiger partial charge in [0.25, 0.3) is 5.91 Å². The van der Waals surface area contributed by atoms with Gasteiger partial charge in [-0.2, -0.15) is 0 Å². The summed E-state index contributed by atoms with van der Waals surface area (Å²) in [6.45, 7) is 0. The first-order chi connectivity index (χ1) is 9.10. The van der Waals surface area contributed by atoms with Crippen molar-refractivity contribution in [3.05, 3.63) is 17.7 Å². The Bertz CT molecular complexity index is 533. The zero-order valence-electron chi connectivity index (χ0n) is 10.8. The molecule has 0 saturated carbocycles. The second-order valence-electron chi connectivity index (χ2n) is 3.84. The molecule has 6 nitrogen and oxygen atoms in total. The fourth-order valence-corrected chi connectivity index (χ4v) is 2.13. The number of rotatable bonds is 4. The Balaban J connectivity index is 2.49. The second kappa shape index (κ2) is 5.31. The van der Waals surface area contributed by atoms with Crippen LogP contribution in [-0.2, 0) is 4.79 Å². The largest absolute Gasteiger partial charge is 0.496 e. The van der Waals surface area contributed by atoms with E-state index in [9.17, 15) is 4.79 Å². The van der Waals surface area contributed by atoms with Crippen molar-refractivity contribution in [3.8, 4) is 17.2 Å². The predicted octanol–water partition coefficient (Wildman–Crippen LogP) is 0.758. The number of carbonyl (C=O) groups excluding carboxylic acids is 1. The quantitative estimate of drug-likeness (QED) is 0.795. The normalized spacial score (nSPS) is 17.7. The fourth-order valence-electron chi connectivity index (χ4n) is 1.91. The lowest BCUT2D eigenvalue weighted by Crippen LogP contribution is -2.21. The first kappa shape index (κ1) is 13.4. The van der Waals surface area contributed by atoms with Gasteiger partial charge in [0.15, 0.2) is 16.6 Å². The fraction of sp³-hybridized carbons (Fsp3) is 0.333. The zero-order chi connectivity index (χ0) is 14.0. The molecular formula is C12H14N2O4S. The van der Waals surface area contributed by atoms with E-state index >= 15 is 0 Å². The summed E-state index contributed by atoms with van der Waals surface area (Å²) in [5.41, 5.74) is 0.637. The highest BCUT2D eigenvalue weighted by atomic mass is 32.1. The summed E-state index contributed by atoms with van der Waals surface area (Å²) in [6.07, 6.45) is 0. The number of nitrogens with one attached hydrogen (secondary N) is 2. The molecule has 2 rings (SSSR count). The van der Waals surface area contributed by atoms with Crippen molar-refractivity contribution in [1.82, 2.24) is 10.6 Å². The Labute approximate surface area is 116 Å². The molecule has 0 bridgehead atoms. The topological polar surface area (TPSA) is 68.8 Å². The van der Waals surface area contributed by atoms with Gasteiger partial charge in [-0.15, -0.1) is 0 Å². The number of amides is 1. The summed E-state index contributed by atoms with van der Waals surface area (Å²) in [7, 11) is 4.59. The molecule has 1 amide bonds. The highest BCUT2D eigenvalue weighted by Gasteiger charge is 2.32. The molecule has 0 aromatic heterocycles. The summed E-state index contributed by atoms with van der Waals surface area (Å²) in [5.74, 6) is 1.35. The van der Waals surface area contributed by atoms with Crippen LogP contribution in [0.15, 0.2) is 12.1 Å². The van der Waals surface area contributed by atoms with Crippen molar-refractivity contribution in [2.24, 2.45) is 0 Å². The smallest absolute Gasteiger partial charge is 0.253 e. The zero-order valence-corrected chi connectivity index (χ0v) is 11.6. The van der Waals surface area contributed by atoms with Crippen molar-refractivity contribution in [1.29, 1.82) is 0 Å². The van der Waals surface area contributed by atoms with Crippen molar-refractivity contribution in [2.75, 3.05) is 21.3 Å². The number of methoxy groups -OCH3 is 3. The van der Waals surface area contributed by atoms with Crippen LogP contribution in [0, 0.1) is 0 Å². The van der Waals surface area contributed by atoms with E-state index in [1.54, 1.807) is 12.1 Å². The molecule has 1 saturated heterocycles. The van der Waals surface area contributed by atoms with Gasteiger partial charge < -0.3 is 24.8 Å². The van der Waals surface area contributed by atoms with Gasteiger partial charge in [-0.25, -0.2) is 0 Å². The maximum atomic E-state index is 11.8. The summed E-state index contributed by atoms with van der Waals surface area (Å²) in [6, 6.07) is 2.77. The summed E-state index contributed by atoms with van der Waals surface area (Å²) < 4.78 is 15.7. The van der Waals surface area contributed by atoms with Crippen molar-refractivity contribution in [3.63, 3.8) is 0 Å². The molecular weight excluding hydrogens is 268 g/mol.